The fourth-order valence-electron chi connectivity index (χ4n) is 2.14. The van der Waals surface area contributed by atoms with Crippen molar-refractivity contribution >= 4 is 21.8 Å². The van der Waals surface area contributed by atoms with Crippen molar-refractivity contribution in [2.75, 3.05) is 0 Å². The van der Waals surface area contributed by atoms with Crippen LogP contribution in [0.4, 0.5) is 0 Å². The summed E-state index contributed by atoms with van der Waals surface area (Å²) in [7, 11) is 0. The first-order valence-corrected chi connectivity index (χ1v) is 5.61. The molecule has 0 aliphatic carbocycles. The molecule has 0 aliphatic heterocycles. The number of fused-ring (bicyclic) bond motifs is 3. The van der Waals surface area contributed by atoms with Crippen LogP contribution < -0.4 is 0 Å². The van der Waals surface area contributed by atoms with Gasteiger partial charge in [0.15, 0.2) is 0 Å². The first-order chi connectivity index (χ1) is 11.1. The van der Waals surface area contributed by atoms with Gasteiger partial charge in [-0.2, -0.15) is 0 Å². The molecule has 3 rings (SSSR count). The Morgan fingerprint density at radius 1 is 1.00 bits per heavy atom. The summed E-state index contributed by atoms with van der Waals surface area (Å²) < 4.78 is 58.8. The third-order valence-electron chi connectivity index (χ3n) is 2.83. The van der Waals surface area contributed by atoms with Crippen molar-refractivity contribution in [2.45, 2.75) is 26.8 Å². The quantitative estimate of drug-likeness (QED) is 0.572. The number of benzene rings is 2. The molecule has 0 saturated carbocycles. The first kappa shape index (κ1) is 5.26. The van der Waals surface area contributed by atoms with Gasteiger partial charge in [0.2, 0.25) is 0 Å². The SMILES string of the molecule is [2H]c1c([2H])c([2H])c2c(c1[2H])c1c([2H])c([2H])c(C)c([2H])c1n2C(C)C. The van der Waals surface area contributed by atoms with E-state index < -0.39 is 0 Å². The molecule has 3 aromatic rings. The van der Waals surface area contributed by atoms with Crippen molar-refractivity contribution in [2.24, 2.45) is 0 Å². The fraction of sp³-hybridized carbons (Fsp3) is 0.250. The van der Waals surface area contributed by atoms with Crippen LogP contribution in [0.1, 0.15) is 35.0 Å². The molecule has 2 aromatic carbocycles. The lowest BCUT2D eigenvalue weighted by atomic mass is 10.1. The molecule has 1 aromatic heterocycles. The summed E-state index contributed by atoms with van der Waals surface area (Å²) in [6.45, 7) is 5.35. The second-order valence-corrected chi connectivity index (χ2v) is 4.41. The van der Waals surface area contributed by atoms with Crippen molar-refractivity contribution in [3.63, 3.8) is 0 Å². The molecule has 0 N–H and O–H groups in total. The molecule has 17 heavy (non-hydrogen) atoms. The minimum absolute atomic E-state index is 0.0808. The highest BCUT2D eigenvalue weighted by Crippen LogP contribution is 2.31. The van der Waals surface area contributed by atoms with E-state index >= 15 is 0 Å². The Hall–Kier alpha value is -1.76. The van der Waals surface area contributed by atoms with Gasteiger partial charge in [0.1, 0.15) is 0 Å². The number of aromatic nitrogens is 1. The van der Waals surface area contributed by atoms with Crippen LogP contribution in [0.25, 0.3) is 21.8 Å². The third kappa shape index (κ3) is 1.46. The van der Waals surface area contributed by atoms with Crippen LogP contribution in [0.5, 0.6) is 0 Å². The maximum atomic E-state index is 8.40. The van der Waals surface area contributed by atoms with E-state index in [1.54, 1.807) is 11.5 Å². The molecular weight excluding hydrogens is 206 g/mol. The van der Waals surface area contributed by atoms with Crippen LogP contribution >= 0.6 is 0 Å². The number of rotatable bonds is 1. The van der Waals surface area contributed by atoms with Crippen molar-refractivity contribution in [1.82, 2.24) is 4.57 Å². The monoisotopic (exact) mass is 230 g/mol. The minimum atomic E-state index is -0.367. The average molecular weight is 230 g/mol. The highest BCUT2D eigenvalue weighted by molar-refractivity contribution is 6.08. The van der Waals surface area contributed by atoms with Gasteiger partial charge in [-0.05, 0) is 38.4 Å². The number of hydrogen-bond acceptors (Lipinski definition) is 0. The van der Waals surface area contributed by atoms with Gasteiger partial charge in [-0.15, -0.1) is 0 Å². The van der Waals surface area contributed by atoms with Crippen molar-refractivity contribution in [3.05, 3.63) is 47.9 Å². The minimum Gasteiger partial charge on any atom is -0.338 e. The van der Waals surface area contributed by atoms with Crippen LogP contribution in [-0.2, 0) is 0 Å². The van der Waals surface area contributed by atoms with Gasteiger partial charge in [-0.25, -0.2) is 0 Å². The molecule has 1 heterocycles. The molecule has 1 nitrogen and oxygen atoms in total. The predicted molar refractivity (Wildman–Crippen MR) is 74.6 cm³/mol. The lowest BCUT2D eigenvalue weighted by Gasteiger charge is -2.11. The maximum Gasteiger partial charge on any atom is 0.0648 e. The summed E-state index contributed by atoms with van der Waals surface area (Å²) in [5, 5.41) is 0.475. The molecule has 0 unspecified atom stereocenters. The van der Waals surface area contributed by atoms with Gasteiger partial charge < -0.3 is 4.57 Å². The number of para-hydroxylation sites is 1. The van der Waals surface area contributed by atoms with E-state index in [1.807, 2.05) is 13.8 Å². The van der Waals surface area contributed by atoms with E-state index in [4.69, 9.17) is 9.60 Å². The predicted octanol–water partition coefficient (Wildman–Crippen LogP) is 4.68. The molecule has 0 atom stereocenters. The van der Waals surface area contributed by atoms with Crippen LogP contribution in [0.2, 0.25) is 0 Å². The third-order valence-corrected chi connectivity index (χ3v) is 2.83. The molecule has 0 fully saturated rings. The Morgan fingerprint density at radius 2 is 1.71 bits per heavy atom. The Balaban J connectivity index is 2.84. The van der Waals surface area contributed by atoms with Gasteiger partial charge in [-0.1, -0.05) is 30.2 Å². The molecule has 0 aliphatic rings. The maximum absolute atomic E-state index is 8.40. The van der Waals surface area contributed by atoms with Crippen LogP contribution in [-0.4, -0.2) is 4.57 Å². The summed E-state index contributed by atoms with van der Waals surface area (Å²) in [6.07, 6.45) is 0. The molecule has 0 spiro atoms. The largest absolute Gasteiger partial charge is 0.338 e. The second-order valence-electron chi connectivity index (χ2n) is 4.41. The fourth-order valence-corrected chi connectivity index (χ4v) is 2.14. The molecule has 86 valence electrons. The van der Waals surface area contributed by atoms with Gasteiger partial charge in [0.25, 0.3) is 0 Å². The van der Waals surface area contributed by atoms with E-state index in [-0.39, 0.29) is 64.6 Å². The zero-order valence-electron chi connectivity index (χ0n) is 17.0. The highest BCUT2D eigenvalue weighted by Gasteiger charge is 2.11. The zero-order chi connectivity index (χ0) is 18.1. The zero-order valence-corrected chi connectivity index (χ0v) is 10.0. The lowest BCUT2D eigenvalue weighted by Crippen LogP contribution is -1.99. The molecular formula is C16H17N. The van der Waals surface area contributed by atoms with Crippen LogP contribution in [0.15, 0.2) is 42.3 Å². The normalized spacial score (nSPS) is 17.5. The van der Waals surface area contributed by atoms with E-state index in [0.29, 0.717) is 11.1 Å². The smallest absolute Gasteiger partial charge is 0.0648 e. The standard InChI is InChI=1S/C16H17N/c1-11(2)17-15-7-5-4-6-13(15)14-9-8-12(3)10-16(14)17/h4-11H,1-3H3/i4D,5D,6D,7D,8D,9D,10D. The van der Waals surface area contributed by atoms with Crippen molar-refractivity contribution in [3.8, 4) is 0 Å². The molecule has 0 amide bonds. The lowest BCUT2D eigenvalue weighted by molar-refractivity contribution is 0.642. The van der Waals surface area contributed by atoms with E-state index in [9.17, 15) is 0 Å². The van der Waals surface area contributed by atoms with Gasteiger partial charge in [-0.3, -0.25) is 0 Å². The van der Waals surface area contributed by atoms with Gasteiger partial charge >= 0.3 is 0 Å². The molecule has 0 saturated heterocycles. The summed E-state index contributed by atoms with van der Waals surface area (Å²) in [5.74, 6) is 0. The molecule has 0 radical (unpaired) electrons. The van der Waals surface area contributed by atoms with Gasteiger partial charge in [0.05, 0.1) is 9.60 Å². The summed E-state index contributed by atoms with van der Waals surface area (Å²) in [5.41, 5.74) is 1.05. The van der Waals surface area contributed by atoms with Crippen LogP contribution in [0, 0.1) is 6.92 Å². The summed E-state index contributed by atoms with van der Waals surface area (Å²) in [4.78, 5) is 0. The Bertz CT molecular complexity index is 940. The summed E-state index contributed by atoms with van der Waals surface area (Å²) >= 11 is 0. The van der Waals surface area contributed by atoms with Crippen molar-refractivity contribution in [1.29, 1.82) is 0 Å². The van der Waals surface area contributed by atoms with Gasteiger partial charge in [0, 0.05) is 27.8 Å². The Labute approximate surface area is 112 Å². The number of hydrogen-bond donors (Lipinski definition) is 0. The topological polar surface area (TPSA) is 4.93 Å². The Morgan fingerprint density at radius 3 is 2.47 bits per heavy atom. The Kier molecular flexibility index (Phi) is 1.12. The van der Waals surface area contributed by atoms with Crippen molar-refractivity contribution < 1.29 is 9.60 Å². The van der Waals surface area contributed by atoms with E-state index in [2.05, 4.69) is 0 Å². The van der Waals surface area contributed by atoms with E-state index in [1.165, 1.54) is 0 Å². The first-order valence-electron chi connectivity index (χ1n) is 9.11. The number of nitrogens with zero attached hydrogens (tertiary/aromatic N) is 1. The molecule has 0 bridgehead atoms. The summed E-state index contributed by atoms with van der Waals surface area (Å²) in [6, 6.07) is -1.37. The van der Waals surface area contributed by atoms with Crippen LogP contribution in [0.3, 0.4) is 0 Å². The van der Waals surface area contributed by atoms with E-state index in [0.717, 1.165) is 0 Å². The second kappa shape index (κ2) is 3.63. The molecule has 1 heteroatoms. The highest BCUT2D eigenvalue weighted by atomic mass is 15.0. The average Bonchev–Trinajstić information content (AvgIpc) is 2.90.